The summed E-state index contributed by atoms with van der Waals surface area (Å²) in [5.74, 6) is 1.16. The van der Waals surface area contributed by atoms with Crippen molar-refractivity contribution in [2.24, 2.45) is 0 Å². The Bertz CT molecular complexity index is 1150. The van der Waals surface area contributed by atoms with Crippen LogP contribution in [-0.2, 0) is 0 Å². The van der Waals surface area contributed by atoms with Gasteiger partial charge in [0.25, 0.3) is 5.89 Å². The lowest BCUT2D eigenvalue weighted by molar-refractivity contribution is 0.414. The number of benzene rings is 2. The first-order valence-corrected chi connectivity index (χ1v) is 8.78. The average molecular weight is 425 g/mol. The second kappa shape index (κ2) is 7.16. The van der Waals surface area contributed by atoms with E-state index in [-0.39, 0.29) is 17.0 Å². The summed E-state index contributed by atoms with van der Waals surface area (Å²) in [5, 5.41) is 8.31. The predicted octanol–water partition coefficient (Wildman–Crippen LogP) is 3.72. The highest BCUT2D eigenvalue weighted by Gasteiger charge is 2.16. The zero-order valence-corrected chi connectivity index (χ0v) is 15.8. The van der Waals surface area contributed by atoms with E-state index >= 15 is 0 Å². The molecule has 0 N–H and O–H groups in total. The fourth-order valence-electron chi connectivity index (χ4n) is 2.50. The molecular weight excluding hydrogens is 412 g/mol. The van der Waals surface area contributed by atoms with Gasteiger partial charge < -0.3 is 9.26 Å². The van der Waals surface area contributed by atoms with Crippen LogP contribution >= 0.6 is 15.9 Å². The highest BCUT2D eigenvalue weighted by atomic mass is 79.9. The third-order valence-corrected chi connectivity index (χ3v) is 4.35. The molecule has 8 heteroatoms. The van der Waals surface area contributed by atoms with E-state index in [2.05, 4.69) is 31.2 Å². The molecule has 0 atom stereocenters. The van der Waals surface area contributed by atoms with Gasteiger partial charge in [-0.2, -0.15) is 10.1 Å². The number of rotatable bonds is 4. The molecule has 134 valence electrons. The molecular formula is C19H13BrN4O3. The van der Waals surface area contributed by atoms with Crippen molar-refractivity contribution in [1.29, 1.82) is 0 Å². The minimum Gasteiger partial charge on any atom is -0.497 e. The van der Waals surface area contributed by atoms with Crippen LogP contribution in [0.5, 0.6) is 5.75 Å². The zero-order chi connectivity index (χ0) is 18.8. The number of ether oxygens (including phenoxy) is 1. The Morgan fingerprint density at radius 1 is 1.11 bits per heavy atom. The summed E-state index contributed by atoms with van der Waals surface area (Å²) in [6.45, 7) is 0. The van der Waals surface area contributed by atoms with E-state index in [1.807, 2.05) is 36.4 Å². The summed E-state index contributed by atoms with van der Waals surface area (Å²) < 4.78 is 12.9. The molecule has 0 amide bonds. The van der Waals surface area contributed by atoms with Gasteiger partial charge in [-0.25, -0.2) is 4.68 Å². The quantitative estimate of drug-likeness (QED) is 0.496. The lowest BCUT2D eigenvalue weighted by Crippen LogP contribution is -2.12. The van der Waals surface area contributed by atoms with Crippen molar-refractivity contribution in [2.75, 3.05) is 7.11 Å². The summed E-state index contributed by atoms with van der Waals surface area (Å²) in [7, 11) is 1.60. The van der Waals surface area contributed by atoms with Crippen molar-refractivity contribution in [3.05, 3.63) is 75.5 Å². The molecule has 2 aromatic heterocycles. The van der Waals surface area contributed by atoms with Gasteiger partial charge in [0.2, 0.25) is 11.3 Å². The Hall–Kier alpha value is -3.26. The van der Waals surface area contributed by atoms with Crippen molar-refractivity contribution >= 4 is 15.9 Å². The van der Waals surface area contributed by atoms with Crippen LogP contribution in [0.25, 0.3) is 28.7 Å². The van der Waals surface area contributed by atoms with Crippen LogP contribution in [0.1, 0.15) is 0 Å². The summed E-state index contributed by atoms with van der Waals surface area (Å²) in [4.78, 5) is 16.6. The number of hydrogen-bond donors (Lipinski definition) is 0. The predicted molar refractivity (Wildman–Crippen MR) is 103 cm³/mol. The molecule has 0 aliphatic heterocycles. The van der Waals surface area contributed by atoms with Gasteiger partial charge in [-0.15, -0.1) is 0 Å². The number of halogens is 1. The summed E-state index contributed by atoms with van der Waals surface area (Å²) in [6, 6.07) is 16.2. The highest BCUT2D eigenvalue weighted by Crippen LogP contribution is 2.22. The second-order valence-electron chi connectivity index (χ2n) is 5.60. The molecule has 0 radical (unpaired) electrons. The molecule has 0 unspecified atom stereocenters. The first-order chi connectivity index (χ1) is 13.1. The van der Waals surface area contributed by atoms with Crippen LogP contribution in [0.15, 0.2) is 74.6 Å². The van der Waals surface area contributed by atoms with Crippen LogP contribution in [0.4, 0.5) is 0 Å². The number of nitrogens with zero attached hydrogens (tertiary/aromatic N) is 4. The van der Waals surface area contributed by atoms with E-state index in [0.717, 1.165) is 21.5 Å². The smallest absolute Gasteiger partial charge is 0.282 e. The number of hydrogen-bond acceptors (Lipinski definition) is 6. The summed E-state index contributed by atoms with van der Waals surface area (Å²) >= 11 is 3.42. The molecule has 0 spiro atoms. The third kappa shape index (κ3) is 3.52. The van der Waals surface area contributed by atoms with Crippen molar-refractivity contribution in [3.8, 4) is 34.4 Å². The monoisotopic (exact) mass is 424 g/mol. The normalized spacial score (nSPS) is 10.7. The first-order valence-electron chi connectivity index (χ1n) is 7.98. The maximum atomic E-state index is 12.3. The van der Waals surface area contributed by atoms with Crippen LogP contribution in [0.3, 0.4) is 0 Å². The molecule has 2 heterocycles. The molecule has 27 heavy (non-hydrogen) atoms. The minimum absolute atomic E-state index is 0.0650. The Labute approximate surface area is 162 Å². The van der Waals surface area contributed by atoms with Gasteiger partial charge in [0.1, 0.15) is 5.75 Å². The summed E-state index contributed by atoms with van der Waals surface area (Å²) in [5.41, 5.74) is 1.32. The first kappa shape index (κ1) is 17.2. The average Bonchev–Trinajstić information content (AvgIpc) is 3.18. The molecule has 2 aromatic carbocycles. The Kier molecular flexibility index (Phi) is 4.55. The van der Waals surface area contributed by atoms with Gasteiger partial charge in [0.05, 0.1) is 12.8 Å². The van der Waals surface area contributed by atoms with Crippen molar-refractivity contribution in [3.63, 3.8) is 0 Å². The molecule has 7 nitrogen and oxygen atoms in total. The van der Waals surface area contributed by atoms with E-state index in [9.17, 15) is 4.79 Å². The maximum Gasteiger partial charge on any atom is 0.282 e. The Morgan fingerprint density at radius 3 is 2.67 bits per heavy atom. The van der Waals surface area contributed by atoms with E-state index in [0.29, 0.717) is 5.82 Å². The van der Waals surface area contributed by atoms with E-state index in [1.54, 1.807) is 30.1 Å². The van der Waals surface area contributed by atoms with Gasteiger partial charge in [0, 0.05) is 22.3 Å². The van der Waals surface area contributed by atoms with Crippen LogP contribution in [-0.4, -0.2) is 27.0 Å². The van der Waals surface area contributed by atoms with Crippen LogP contribution in [0, 0.1) is 0 Å². The molecule has 0 saturated carbocycles. The second-order valence-corrected chi connectivity index (χ2v) is 6.52. The van der Waals surface area contributed by atoms with Crippen molar-refractivity contribution in [1.82, 2.24) is 19.9 Å². The Balaban J connectivity index is 1.72. The third-order valence-electron chi connectivity index (χ3n) is 3.86. The topological polar surface area (TPSA) is 83.0 Å². The largest absolute Gasteiger partial charge is 0.497 e. The molecule has 0 bridgehead atoms. The highest BCUT2D eigenvalue weighted by molar-refractivity contribution is 9.10. The molecule has 4 aromatic rings. The van der Waals surface area contributed by atoms with Gasteiger partial charge >= 0.3 is 0 Å². The number of methoxy groups -OCH3 is 1. The molecule has 0 saturated heterocycles. The maximum absolute atomic E-state index is 12.3. The van der Waals surface area contributed by atoms with Gasteiger partial charge in [-0.3, -0.25) is 4.79 Å². The standard InChI is InChI=1S/C19H13BrN4O3/c1-26-15-7-5-12(6-8-15)18-21-19(27-23-18)17-16(25)9-10-24(22-17)14-4-2-3-13(20)11-14/h2-11H,1H3. The fraction of sp³-hybridized carbons (Fsp3) is 0.0526. The van der Waals surface area contributed by atoms with Gasteiger partial charge in [0.15, 0.2) is 5.69 Å². The van der Waals surface area contributed by atoms with E-state index < -0.39 is 0 Å². The van der Waals surface area contributed by atoms with E-state index in [4.69, 9.17) is 9.26 Å². The Morgan fingerprint density at radius 2 is 1.93 bits per heavy atom. The van der Waals surface area contributed by atoms with Crippen LogP contribution in [0.2, 0.25) is 0 Å². The molecule has 0 aliphatic rings. The van der Waals surface area contributed by atoms with E-state index in [1.165, 1.54) is 6.07 Å². The fourth-order valence-corrected chi connectivity index (χ4v) is 2.88. The lowest BCUT2D eigenvalue weighted by atomic mass is 10.2. The minimum atomic E-state index is -0.300. The zero-order valence-electron chi connectivity index (χ0n) is 14.2. The number of aromatic nitrogens is 4. The molecule has 4 rings (SSSR count). The summed E-state index contributed by atoms with van der Waals surface area (Å²) in [6.07, 6.45) is 1.59. The molecule has 0 aliphatic carbocycles. The van der Waals surface area contributed by atoms with Crippen molar-refractivity contribution in [2.45, 2.75) is 0 Å². The van der Waals surface area contributed by atoms with Crippen molar-refractivity contribution < 1.29 is 9.26 Å². The lowest BCUT2D eigenvalue weighted by Gasteiger charge is -2.06. The van der Waals surface area contributed by atoms with Gasteiger partial charge in [-0.05, 0) is 42.5 Å². The SMILES string of the molecule is COc1ccc(-c2noc(-c3nn(-c4cccc(Br)c4)ccc3=O)n2)cc1. The van der Waals surface area contributed by atoms with Gasteiger partial charge in [-0.1, -0.05) is 27.2 Å². The molecule has 0 fully saturated rings. The van der Waals surface area contributed by atoms with Crippen LogP contribution < -0.4 is 10.2 Å².